The molecule has 2 rings (SSSR count). The molecule has 0 fully saturated rings. The zero-order valence-corrected chi connectivity index (χ0v) is 19.3. The van der Waals surface area contributed by atoms with Crippen molar-refractivity contribution >= 4 is 45.5 Å². The first-order valence-electron chi connectivity index (χ1n) is 9.30. The van der Waals surface area contributed by atoms with E-state index in [1.54, 1.807) is 6.92 Å². The number of rotatable bonds is 8. The van der Waals surface area contributed by atoms with E-state index < -0.39 is 10.0 Å². The third-order valence-electron chi connectivity index (χ3n) is 4.29. The number of aliphatic imine (C=N–C) groups is 1. The molecule has 0 saturated heterocycles. The van der Waals surface area contributed by atoms with Gasteiger partial charge in [0.25, 0.3) is 0 Å². The molecule has 1 heterocycles. The smallest absolute Gasteiger partial charge is 0.211 e. The lowest BCUT2D eigenvalue weighted by Gasteiger charge is -2.30. The Morgan fingerprint density at radius 1 is 1.22 bits per heavy atom. The first-order valence-corrected chi connectivity index (χ1v) is 11.0. The lowest BCUT2D eigenvalue weighted by atomic mass is 10.00. The highest BCUT2D eigenvalue weighted by Gasteiger charge is 2.16. The number of hydrogen-bond acceptors (Lipinski definition) is 3. The summed E-state index contributed by atoms with van der Waals surface area (Å²) in [6.45, 7) is 7.29. The highest BCUT2D eigenvalue weighted by molar-refractivity contribution is 14.0. The Morgan fingerprint density at radius 2 is 1.96 bits per heavy atom. The maximum absolute atomic E-state index is 11.4. The number of sulfonamides is 1. The second-order valence-electron chi connectivity index (χ2n) is 6.18. The molecular formula is C19H31IN4O2S. The number of benzene rings is 1. The molecule has 0 spiro atoms. The molecule has 1 aliphatic rings. The van der Waals surface area contributed by atoms with Crippen LogP contribution in [0.15, 0.2) is 41.4 Å². The van der Waals surface area contributed by atoms with Crippen LogP contribution >= 0.6 is 24.0 Å². The van der Waals surface area contributed by atoms with E-state index in [1.807, 2.05) is 6.07 Å². The topological polar surface area (TPSA) is 73.8 Å². The maximum atomic E-state index is 11.4. The molecule has 0 saturated carbocycles. The molecule has 1 aromatic rings. The van der Waals surface area contributed by atoms with Gasteiger partial charge in [-0.25, -0.2) is 13.1 Å². The fourth-order valence-corrected chi connectivity index (χ4v) is 3.45. The Kier molecular flexibility index (Phi) is 10.9. The molecule has 0 unspecified atom stereocenters. The van der Waals surface area contributed by atoms with Crippen molar-refractivity contribution in [3.8, 4) is 0 Å². The minimum absolute atomic E-state index is 0. The largest absolute Gasteiger partial charge is 0.357 e. The molecule has 0 radical (unpaired) electrons. The molecule has 1 aromatic carbocycles. The van der Waals surface area contributed by atoms with E-state index in [1.165, 1.54) is 11.1 Å². The molecule has 0 atom stereocenters. The Hall–Kier alpha value is -1.13. The van der Waals surface area contributed by atoms with Gasteiger partial charge in [0.2, 0.25) is 10.0 Å². The van der Waals surface area contributed by atoms with E-state index in [0.29, 0.717) is 19.5 Å². The summed E-state index contributed by atoms with van der Waals surface area (Å²) in [5, 5.41) is 3.33. The van der Waals surface area contributed by atoms with Crippen molar-refractivity contribution in [2.75, 3.05) is 38.5 Å². The summed E-state index contributed by atoms with van der Waals surface area (Å²) in [5.41, 5.74) is 2.67. The lowest BCUT2D eigenvalue weighted by molar-refractivity contribution is 0.440. The van der Waals surface area contributed by atoms with Crippen molar-refractivity contribution in [1.29, 1.82) is 0 Å². The van der Waals surface area contributed by atoms with Crippen molar-refractivity contribution < 1.29 is 8.42 Å². The van der Waals surface area contributed by atoms with Gasteiger partial charge in [0.1, 0.15) is 0 Å². The molecule has 0 amide bonds. The summed E-state index contributed by atoms with van der Waals surface area (Å²) in [6.07, 6.45) is 3.94. The zero-order valence-electron chi connectivity index (χ0n) is 16.1. The van der Waals surface area contributed by atoms with Gasteiger partial charge in [0, 0.05) is 32.7 Å². The third kappa shape index (κ3) is 8.18. The minimum atomic E-state index is -3.12. The summed E-state index contributed by atoms with van der Waals surface area (Å²) < 4.78 is 25.4. The summed E-state index contributed by atoms with van der Waals surface area (Å²) in [7, 11) is -3.12. The van der Waals surface area contributed by atoms with Crippen molar-refractivity contribution in [2.24, 2.45) is 4.99 Å². The number of hydrogen-bond donors (Lipinski definition) is 2. The van der Waals surface area contributed by atoms with Crippen LogP contribution in [-0.2, 0) is 10.0 Å². The highest BCUT2D eigenvalue weighted by Crippen LogP contribution is 2.21. The fourth-order valence-electron chi connectivity index (χ4n) is 2.80. The first-order chi connectivity index (χ1) is 12.6. The van der Waals surface area contributed by atoms with E-state index in [2.05, 4.69) is 57.2 Å². The minimum Gasteiger partial charge on any atom is -0.357 e. The van der Waals surface area contributed by atoms with E-state index in [4.69, 9.17) is 0 Å². The normalized spacial score (nSPS) is 15.1. The molecule has 0 aliphatic carbocycles. The molecule has 0 aromatic heterocycles. The molecule has 0 bridgehead atoms. The van der Waals surface area contributed by atoms with E-state index in [9.17, 15) is 8.42 Å². The van der Waals surface area contributed by atoms with Crippen LogP contribution in [0.4, 0.5) is 0 Å². The first kappa shape index (κ1) is 23.9. The van der Waals surface area contributed by atoms with Crippen LogP contribution in [0.1, 0.15) is 32.3 Å². The predicted molar refractivity (Wildman–Crippen MR) is 124 cm³/mol. The van der Waals surface area contributed by atoms with Crippen LogP contribution < -0.4 is 10.0 Å². The molecule has 2 N–H and O–H groups in total. The van der Waals surface area contributed by atoms with Gasteiger partial charge in [0.05, 0.1) is 5.75 Å². The monoisotopic (exact) mass is 506 g/mol. The van der Waals surface area contributed by atoms with Crippen LogP contribution in [0.3, 0.4) is 0 Å². The van der Waals surface area contributed by atoms with Gasteiger partial charge in [0.15, 0.2) is 5.96 Å². The van der Waals surface area contributed by atoms with Gasteiger partial charge in [-0.05, 0) is 37.8 Å². The van der Waals surface area contributed by atoms with Crippen LogP contribution in [0, 0.1) is 0 Å². The molecule has 27 heavy (non-hydrogen) atoms. The second-order valence-corrected chi connectivity index (χ2v) is 8.27. The highest BCUT2D eigenvalue weighted by atomic mass is 127. The van der Waals surface area contributed by atoms with E-state index in [-0.39, 0.29) is 29.7 Å². The van der Waals surface area contributed by atoms with Crippen molar-refractivity contribution in [3.05, 3.63) is 42.0 Å². The molecule has 1 aliphatic heterocycles. The van der Waals surface area contributed by atoms with Gasteiger partial charge < -0.3 is 10.2 Å². The van der Waals surface area contributed by atoms with Gasteiger partial charge in [-0.2, -0.15) is 0 Å². The summed E-state index contributed by atoms with van der Waals surface area (Å²) in [6, 6.07) is 10.5. The number of nitrogens with zero attached hydrogens (tertiary/aromatic N) is 2. The van der Waals surface area contributed by atoms with Crippen molar-refractivity contribution in [3.63, 3.8) is 0 Å². The van der Waals surface area contributed by atoms with Crippen LogP contribution in [-0.4, -0.2) is 57.8 Å². The lowest BCUT2D eigenvalue weighted by Crippen LogP contribution is -2.43. The predicted octanol–water partition coefficient (Wildman–Crippen LogP) is 2.69. The molecular weight excluding hydrogens is 475 g/mol. The second kappa shape index (κ2) is 12.4. The zero-order chi connectivity index (χ0) is 18.8. The number of guanidine groups is 1. The standard InChI is InChI=1S/C19H30N4O2S.HI/c1-3-20-19(21-13-8-14-22-26(24,25)4-2)23-15-11-18(12-16-23)17-9-6-5-7-10-17;/h5-7,9-11,22H,3-4,8,12-16H2,1-2H3,(H,20,21);1H. The summed E-state index contributed by atoms with van der Waals surface area (Å²) in [4.78, 5) is 6.89. The summed E-state index contributed by atoms with van der Waals surface area (Å²) >= 11 is 0. The van der Waals surface area contributed by atoms with Gasteiger partial charge in [-0.15, -0.1) is 24.0 Å². The number of nitrogens with one attached hydrogen (secondary N) is 2. The fraction of sp³-hybridized carbons (Fsp3) is 0.526. The molecule has 152 valence electrons. The maximum Gasteiger partial charge on any atom is 0.211 e. The van der Waals surface area contributed by atoms with Crippen LogP contribution in [0.5, 0.6) is 0 Å². The third-order valence-corrected chi connectivity index (χ3v) is 5.69. The number of halogens is 1. The van der Waals surface area contributed by atoms with Gasteiger partial charge in [-0.1, -0.05) is 36.4 Å². The van der Waals surface area contributed by atoms with Crippen molar-refractivity contribution in [1.82, 2.24) is 14.9 Å². The van der Waals surface area contributed by atoms with Crippen molar-refractivity contribution in [2.45, 2.75) is 26.7 Å². The Bertz CT molecular complexity index is 720. The average Bonchev–Trinajstić information content (AvgIpc) is 2.68. The average molecular weight is 506 g/mol. The van der Waals surface area contributed by atoms with Gasteiger partial charge >= 0.3 is 0 Å². The van der Waals surface area contributed by atoms with Crippen LogP contribution in [0.2, 0.25) is 0 Å². The molecule has 8 heteroatoms. The SMILES string of the molecule is CCNC(=NCCCNS(=O)(=O)CC)N1CC=C(c2ccccc2)CC1.I. The Balaban J connectivity index is 0.00000364. The Labute approximate surface area is 180 Å². The van der Waals surface area contributed by atoms with E-state index in [0.717, 1.165) is 32.0 Å². The van der Waals surface area contributed by atoms with E-state index >= 15 is 0 Å². The van der Waals surface area contributed by atoms with Gasteiger partial charge in [-0.3, -0.25) is 4.99 Å². The van der Waals surface area contributed by atoms with Crippen LogP contribution in [0.25, 0.3) is 5.57 Å². The quantitative estimate of drug-likeness (QED) is 0.246. The Morgan fingerprint density at radius 3 is 2.56 bits per heavy atom. The molecule has 6 nitrogen and oxygen atoms in total. The summed E-state index contributed by atoms with van der Waals surface area (Å²) in [5.74, 6) is 1.01.